The molecule has 0 saturated carbocycles. The molecular weight excluding hydrogens is 291 g/mol. The lowest BCUT2D eigenvalue weighted by molar-refractivity contribution is -0.174. The lowest BCUT2D eigenvalue weighted by Crippen LogP contribution is -2.24. The number of hydrogen-bond donors (Lipinski definition) is 0. The molecule has 1 rings (SSSR count). The molecule has 0 atom stereocenters. The van der Waals surface area contributed by atoms with Gasteiger partial charge in [0.25, 0.3) is 0 Å². The minimum absolute atomic E-state index is 0.132. The van der Waals surface area contributed by atoms with Crippen LogP contribution in [-0.4, -0.2) is 0 Å². The predicted molar refractivity (Wildman–Crippen MR) is 44.9 cm³/mol. The van der Waals surface area contributed by atoms with Gasteiger partial charge in [0.2, 0.25) is 0 Å². The number of alkyl halides is 9. The largest absolute Gasteiger partial charge is 0.417 e. The molecule has 0 amide bonds. The van der Waals surface area contributed by atoms with Crippen LogP contribution in [0.3, 0.4) is 0 Å². The molecule has 1 aromatic carbocycles. The van der Waals surface area contributed by atoms with Gasteiger partial charge in [-0.1, -0.05) is 6.07 Å². The minimum atomic E-state index is -5.84. The van der Waals surface area contributed by atoms with E-state index in [9.17, 15) is 39.5 Å². The molecule has 0 aliphatic heterocycles. The first-order chi connectivity index (χ1) is 8.26. The Hall–Kier alpha value is -1.41. The second-order valence-electron chi connectivity index (χ2n) is 3.45. The van der Waals surface area contributed by atoms with E-state index in [-0.39, 0.29) is 12.1 Å². The van der Waals surface area contributed by atoms with E-state index in [2.05, 4.69) is 0 Å². The summed E-state index contributed by atoms with van der Waals surface area (Å²) in [5.41, 5.74) is -9.21. The molecule has 106 valence electrons. The van der Waals surface area contributed by atoms with Gasteiger partial charge in [-0.3, -0.25) is 0 Å². The van der Waals surface area contributed by atoms with Gasteiger partial charge in [-0.2, -0.15) is 39.5 Å². The van der Waals surface area contributed by atoms with E-state index in [1.807, 2.05) is 0 Å². The van der Waals surface area contributed by atoms with Crippen molar-refractivity contribution in [3.63, 3.8) is 0 Å². The third-order valence-electron chi connectivity index (χ3n) is 2.11. The van der Waals surface area contributed by atoms with E-state index >= 15 is 0 Å². The van der Waals surface area contributed by atoms with Crippen LogP contribution in [0.5, 0.6) is 0 Å². The predicted octanol–water partition coefficient (Wildman–Crippen LogP) is 4.80. The van der Waals surface area contributed by atoms with E-state index in [0.29, 0.717) is 0 Å². The van der Waals surface area contributed by atoms with E-state index in [1.54, 1.807) is 0 Å². The first-order valence-corrected chi connectivity index (χ1v) is 4.40. The first kappa shape index (κ1) is 15.6. The molecule has 0 unspecified atom stereocenters. The van der Waals surface area contributed by atoms with Crippen molar-refractivity contribution in [1.82, 2.24) is 0 Å². The number of hydrogen-bond acceptors (Lipinski definition) is 0. The third kappa shape index (κ3) is 3.13. The van der Waals surface area contributed by atoms with Crippen LogP contribution in [0.4, 0.5) is 39.5 Å². The Morgan fingerprint density at radius 3 is 1.37 bits per heavy atom. The molecule has 0 fully saturated rings. The topological polar surface area (TPSA) is 0 Å². The maximum Gasteiger partial charge on any atom is 0.417 e. The zero-order valence-corrected chi connectivity index (χ0v) is 8.63. The molecular formula is C10H3F9. The maximum absolute atomic E-state index is 12.5. The van der Waals surface area contributed by atoms with Crippen LogP contribution in [0, 0.1) is 6.92 Å². The van der Waals surface area contributed by atoms with E-state index in [0.717, 1.165) is 0 Å². The van der Waals surface area contributed by atoms with Crippen LogP contribution < -0.4 is 0 Å². The Morgan fingerprint density at radius 2 is 1.05 bits per heavy atom. The maximum atomic E-state index is 12.5. The van der Waals surface area contributed by atoms with Gasteiger partial charge in [-0.05, 0) is 18.6 Å². The average molecular weight is 294 g/mol. The van der Waals surface area contributed by atoms with Gasteiger partial charge in [-0.15, -0.1) is 0 Å². The quantitative estimate of drug-likeness (QED) is 0.603. The molecule has 0 saturated heterocycles. The molecule has 0 nitrogen and oxygen atoms in total. The number of rotatable bonds is 0. The molecule has 0 aliphatic carbocycles. The molecule has 2 radical (unpaired) electrons. The monoisotopic (exact) mass is 294 g/mol. The van der Waals surface area contributed by atoms with Crippen LogP contribution in [0.2, 0.25) is 0 Å². The van der Waals surface area contributed by atoms with E-state index in [4.69, 9.17) is 6.92 Å². The highest BCUT2D eigenvalue weighted by atomic mass is 19.4. The zero-order valence-electron chi connectivity index (χ0n) is 8.63. The van der Waals surface area contributed by atoms with Gasteiger partial charge in [0, 0.05) is 0 Å². The summed E-state index contributed by atoms with van der Waals surface area (Å²) < 4.78 is 112. The van der Waals surface area contributed by atoms with Gasteiger partial charge >= 0.3 is 18.5 Å². The van der Waals surface area contributed by atoms with Crippen molar-refractivity contribution in [2.75, 3.05) is 0 Å². The van der Waals surface area contributed by atoms with Gasteiger partial charge in [0.1, 0.15) is 0 Å². The summed E-state index contributed by atoms with van der Waals surface area (Å²) >= 11 is 0. The molecule has 0 aromatic heterocycles. The fraction of sp³-hybridized carbons (Fsp3) is 0.300. The second-order valence-corrected chi connectivity index (χ2v) is 3.45. The van der Waals surface area contributed by atoms with Crippen molar-refractivity contribution in [3.8, 4) is 0 Å². The Morgan fingerprint density at radius 1 is 0.632 bits per heavy atom. The lowest BCUT2D eigenvalue weighted by atomic mass is 9.95. The normalized spacial score (nSPS) is 13.8. The molecule has 19 heavy (non-hydrogen) atoms. The molecule has 9 heteroatoms. The lowest BCUT2D eigenvalue weighted by Gasteiger charge is -2.22. The van der Waals surface area contributed by atoms with Crippen LogP contribution >= 0.6 is 0 Å². The molecule has 0 spiro atoms. The Labute approximate surface area is 100 Å². The van der Waals surface area contributed by atoms with Gasteiger partial charge in [0.05, 0.1) is 16.7 Å². The standard InChI is InChI=1S/C10H3F9/c1-4-2-3-5(8(11,12)13)7(10(17,18)19)6(4)9(14,15)16/h1-3H. The summed E-state index contributed by atoms with van der Waals surface area (Å²) in [5, 5.41) is 0. The van der Waals surface area contributed by atoms with Crippen LogP contribution in [-0.2, 0) is 18.5 Å². The van der Waals surface area contributed by atoms with Crippen LogP contribution in [0.1, 0.15) is 22.3 Å². The van der Waals surface area contributed by atoms with Crippen LogP contribution in [0.25, 0.3) is 0 Å². The minimum Gasteiger partial charge on any atom is -0.166 e. The SMILES string of the molecule is [CH]c1ccc(C(F)(F)F)c(C(F)(F)F)c1C(F)(F)F. The Balaban J connectivity index is 3.82. The fourth-order valence-electron chi connectivity index (χ4n) is 1.45. The fourth-order valence-corrected chi connectivity index (χ4v) is 1.45. The smallest absolute Gasteiger partial charge is 0.166 e. The molecule has 0 aliphatic rings. The van der Waals surface area contributed by atoms with Crippen molar-refractivity contribution in [1.29, 1.82) is 0 Å². The second kappa shape index (κ2) is 4.31. The van der Waals surface area contributed by atoms with Gasteiger partial charge in [0.15, 0.2) is 0 Å². The van der Waals surface area contributed by atoms with Gasteiger partial charge < -0.3 is 0 Å². The van der Waals surface area contributed by atoms with Crippen LogP contribution in [0.15, 0.2) is 12.1 Å². The zero-order chi connectivity index (χ0) is 15.2. The highest BCUT2D eigenvalue weighted by Gasteiger charge is 2.50. The summed E-state index contributed by atoms with van der Waals surface area (Å²) in [6.45, 7) is 4.73. The molecule has 0 N–H and O–H groups in total. The van der Waals surface area contributed by atoms with Crippen molar-refractivity contribution < 1.29 is 39.5 Å². The van der Waals surface area contributed by atoms with Crippen molar-refractivity contribution >= 4 is 0 Å². The molecule has 0 bridgehead atoms. The average Bonchev–Trinajstić information content (AvgIpc) is 2.11. The summed E-state index contributed by atoms with van der Waals surface area (Å²) in [7, 11) is 0. The van der Waals surface area contributed by atoms with E-state index < -0.39 is 40.8 Å². The first-order valence-electron chi connectivity index (χ1n) is 4.40. The summed E-state index contributed by atoms with van der Waals surface area (Å²) in [5.74, 6) is 0. The van der Waals surface area contributed by atoms with Crippen molar-refractivity contribution in [3.05, 3.63) is 41.3 Å². The van der Waals surface area contributed by atoms with Crippen molar-refractivity contribution in [2.24, 2.45) is 0 Å². The van der Waals surface area contributed by atoms with E-state index in [1.165, 1.54) is 0 Å². The molecule has 1 aromatic rings. The molecule has 0 heterocycles. The number of halogens is 9. The number of benzene rings is 1. The summed E-state index contributed by atoms with van der Waals surface area (Å²) in [4.78, 5) is 0. The van der Waals surface area contributed by atoms with Gasteiger partial charge in [-0.25, -0.2) is 0 Å². The summed E-state index contributed by atoms with van der Waals surface area (Å²) in [6, 6.07) is 0.00822. The highest BCUT2D eigenvalue weighted by Crippen LogP contribution is 2.47. The third-order valence-corrected chi connectivity index (χ3v) is 2.11. The van der Waals surface area contributed by atoms with Crippen molar-refractivity contribution in [2.45, 2.75) is 18.5 Å². The summed E-state index contributed by atoms with van der Waals surface area (Å²) in [6.07, 6.45) is -17.1. The highest BCUT2D eigenvalue weighted by molar-refractivity contribution is 5.47. The Kier molecular flexibility index (Phi) is 3.55. The Bertz CT molecular complexity index is 475.